The molecular formula is C15H15NO3. The maximum Gasteiger partial charge on any atom is 0.350 e. The fraction of sp³-hybridized carbons (Fsp3) is 0.267. The molecule has 0 amide bonds. The van der Waals surface area contributed by atoms with Gasteiger partial charge in [0.15, 0.2) is 0 Å². The molecule has 1 aliphatic heterocycles. The second-order valence-electron chi connectivity index (χ2n) is 4.84. The first-order valence-corrected chi connectivity index (χ1v) is 6.17. The molecule has 1 aliphatic rings. The van der Waals surface area contributed by atoms with Gasteiger partial charge in [0.1, 0.15) is 5.75 Å². The number of para-hydroxylation sites is 2. The van der Waals surface area contributed by atoms with Crippen LogP contribution < -0.4 is 4.74 Å². The first-order chi connectivity index (χ1) is 9.14. The van der Waals surface area contributed by atoms with Gasteiger partial charge in [0, 0.05) is 18.3 Å². The third-order valence-electron chi connectivity index (χ3n) is 3.43. The summed E-state index contributed by atoms with van der Waals surface area (Å²) in [5, 5.41) is 0. The summed E-state index contributed by atoms with van der Waals surface area (Å²) in [5.74, 6) is 0.322. The van der Waals surface area contributed by atoms with Crippen molar-refractivity contribution in [3.8, 4) is 11.4 Å². The first-order valence-electron chi connectivity index (χ1n) is 6.17. The molecule has 0 fully saturated rings. The van der Waals surface area contributed by atoms with E-state index in [4.69, 9.17) is 9.47 Å². The van der Waals surface area contributed by atoms with E-state index in [0.29, 0.717) is 12.2 Å². The summed E-state index contributed by atoms with van der Waals surface area (Å²) in [5.41, 5.74) is 0.963. The lowest BCUT2D eigenvalue weighted by atomic mass is 10.0. The molecule has 4 heteroatoms. The smallest absolute Gasteiger partial charge is 0.350 e. The summed E-state index contributed by atoms with van der Waals surface area (Å²) in [7, 11) is 1.38. The molecule has 19 heavy (non-hydrogen) atoms. The van der Waals surface area contributed by atoms with Crippen molar-refractivity contribution in [2.24, 2.45) is 0 Å². The van der Waals surface area contributed by atoms with E-state index in [9.17, 15) is 4.79 Å². The molecule has 4 nitrogen and oxygen atoms in total. The van der Waals surface area contributed by atoms with Crippen molar-refractivity contribution in [3.63, 3.8) is 0 Å². The fourth-order valence-electron chi connectivity index (χ4n) is 2.49. The highest BCUT2D eigenvalue weighted by atomic mass is 16.6. The molecule has 0 bridgehead atoms. The Morgan fingerprint density at radius 2 is 2.11 bits per heavy atom. The third-order valence-corrected chi connectivity index (χ3v) is 3.43. The minimum absolute atomic E-state index is 0.364. The number of carbonyl (C=O) groups is 1. The standard InChI is InChI=1S/C15H15NO3/c1-15(14(17)18-2)10-11-6-5-9-16(11)12-7-3-4-8-13(12)19-15/h3-9H,10H2,1-2H3/t15-/m1/s1. The van der Waals surface area contributed by atoms with Crippen LogP contribution in [0.15, 0.2) is 42.6 Å². The minimum atomic E-state index is -1.00. The van der Waals surface area contributed by atoms with Crippen molar-refractivity contribution >= 4 is 5.97 Å². The average molecular weight is 257 g/mol. The highest BCUT2D eigenvalue weighted by Gasteiger charge is 2.40. The maximum atomic E-state index is 12.0. The Labute approximate surface area is 111 Å². The zero-order valence-electron chi connectivity index (χ0n) is 10.9. The van der Waals surface area contributed by atoms with Crippen molar-refractivity contribution in [1.29, 1.82) is 0 Å². The average Bonchev–Trinajstić information content (AvgIpc) is 2.81. The Morgan fingerprint density at radius 1 is 1.32 bits per heavy atom. The Bertz CT molecular complexity index is 632. The summed E-state index contributed by atoms with van der Waals surface area (Å²) in [4.78, 5) is 12.0. The number of aromatic nitrogens is 1. The molecule has 2 heterocycles. The highest BCUT2D eigenvalue weighted by Crippen LogP contribution is 2.34. The Morgan fingerprint density at radius 3 is 2.89 bits per heavy atom. The third kappa shape index (κ3) is 1.80. The van der Waals surface area contributed by atoms with Gasteiger partial charge in [0.2, 0.25) is 5.60 Å². The number of fused-ring (bicyclic) bond motifs is 3. The van der Waals surface area contributed by atoms with Gasteiger partial charge < -0.3 is 14.0 Å². The van der Waals surface area contributed by atoms with Gasteiger partial charge in [-0.05, 0) is 31.2 Å². The lowest BCUT2D eigenvalue weighted by Crippen LogP contribution is -2.44. The van der Waals surface area contributed by atoms with E-state index in [1.54, 1.807) is 6.92 Å². The lowest BCUT2D eigenvalue weighted by Gasteiger charge is -2.26. The second-order valence-corrected chi connectivity index (χ2v) is 4.84. The highest BCUT2D eigenvalue weighted by molar-refractivity contribution is 5.80. The van der Waals surface area contributed by atoms with Crippen LogP contribution >= 0.6 is 0 Å². The zero-order chi connectivity index (χ0) is 13.5. The predicted octanol–water partition coefficient (Wildman–Crippen LogP) is 2.34. The Kier molecular flexibility index (Phi) is 2.59. The quantitative estimate of drug-likeness (QED) is 0.736. The number of esters is 1. The van der Waals surface area contributed by atoms with Crippen LogP contribution in [0.2, 0.25) is 0 Å². The van der Waals surface area contributed by atoms with E-state index in [1.807, 2.05) is 47.2 Å². The van der Waals surface area contributed by atoms with Gasteiger partial charge in [0.05, 0.1) is 12.8 Å². The van der Waals surface area contributed by atoms with E-state index in [2.05, 4.69) is 0 Å². The van der Waals surface area contributed by atoms with Crippen molar-refractivity contribution < 1.29 is 14.3 Å². The molecule has 0 saturated carbocycles. The molecule has 1 aromatic carbocycles. The Balaban J connectivity index is 2.19. The van der Waals surface area contributed by atoms with Gasteiger partial charge in [-0.15, -0.1) is 0 Å². The van der Waals surface area contributed by atoms with E-state index < -0.39 is 5.60 Å². The van der Waals surface area contributed by atoms with Crippen LogP contribution in [0.5, 0.6) is 5.75 Å². The molecule has 0 N–H and O–H groups in total. The summed E-state index contributed by atoms with van der Waals surface area (Å²) in [6.45, 7) is 1.76. The van der Waals surface area contributed by atoms with Crippen LogP contribution in [-0.2, 0) is 16.0 Å². The molecule has 98 valence electrons. The summed E-state index contributed by atoms with van der Waals surface area (Å²) >= 11 is 0. The van der Waals surface area contributed by atoms with E-state index in [0.717, 1.165) is 11.4 Å². The van der Waals surface area contributed by atoms with Gasteiger partial charge in [-0.3, -0.25) is 0 Å². The predicted molar refractivity (Wildman–Crippen MR) is 70.5 cm³/mol. The minimum Gasteiger partial charge on any atom is -0.473 e. The van der Waals surface area contributed by atoms with Gasteiger partial charge >= 0.3 is 5.97 Å². The largest absolute Gasteiger partial charge is 0.473 e. The van der Waals surface area contributed by atoms with Crippen LogP contribution in [0.1, 0.15) is 12.6 Å². The number of hydrogen-bond donors (Lipinski definition) is 0. The molecule has 0 saturated heterocycles. The Hall–Kier alpha value is -2.23. The summed E-state index contributed by atoms with van der Waals surface area (Å²) in [6, 6.07) is 11.6. The number of rotatable bonds is 1. The molecule has 0 unspecified atom stereocenters. The van der Waals surface area contributed by atoms with Crippen molar-refractivity contribution in [2.75, 3.05) is 7.11 Å². The topological polar surface area (TPSA) is 40.5 Å². The van der Waals surface area contributed by atoms with Crippen molar-refractivity contribution in [3.05, 3.63) is 48.3 Å². The summed E-state index contributed by atoms with van der Waals surface area (Å²) in [6.07, 6.45) is 2.45. The van der Waals surface area contributed by atoms with Gasteiger partial charge in [0.25, 0.3) is 0 Å². The van der Waals surface area contributed by atoms with Crippen LogP contribution in [0, 0.1) is 0 Å². The second kappa shape index (κ2) is 4.16. The molecule has 1 aromatic heterocycles. The van der Waals surface area contributed by atoms with E-state index in [1.165, 1.54) is 7.11 Å². The molecular weight excluding hydrogens is 242 g/mol. The molecule has 0 aliphatic carbocycles. The number of carbonyl (C=O) groups excluding carboxylic acids is 1. The number of benzene rings is 1. The normalized spacial score (nSPS) is 20.7. The first kappa shape index (κ1) is 11.8. The molecule has 1 atom stereocenters. The lowest BCUT2D eigenvalue weighted by molar-refractivity contribution is -0.157. The zero-order valence-corrected chi connectivity index (χ0v) is 10.9. The summed E-state index contributed by atoms with van der Waals surface area (Å²) < 4.78 is 12.9. The van der Waals surface area contributed by atoms with Crippen LogP contribution in [0.3, 0.4) is 0 Å². The molecule has 3 rings (SSSR count). The fourth-order valence-corrected chi connectivity index (χ4v) is 2.49. The maximum absolute atomic E-state index is 12.0. The number of methoxy groups -OCH3 is 1. The number of nitrogens with zero attached hydrogens (tertiary/aromatic N) is 1. The van der Waals surface area contributed by atoms with E-state index in [-0.39, 0.29) is 5.97 Å². The van der Waals surface area contributed by atoms with Crippen LogP contribution in [-0.4, -0.2) is 23.2 Å². The number of ether oxygens (including phenoxy) is 2. The SMILES string of the molecule is COC(=O)[C@@]1(C)Cc2cccn2-c2ccccc2O1. The number of hydrogen-bond acceptors (Lipinski definition) is 3. The van der Waals surface area contributed by atoms with Crippen LogP contribution in [0.4, 0.5) is 0 Å². The van der Waals surface area contributed by atoms with Gasteiger partial charge in [-0.2, -0.15) is 0 Å². The molecule has 0 spiro atoms. The van der Waals surface area contributed by atoms with Gasteiger partial charge in [-0.1, -0.05) is 12.1 Å². The monoisotopic (exact) mass is 257 g/mol. The molecule has 0 radical (unpaired) electrons. The van der Waals surface area contributed by atoms with Crippen molar-refractivity contribution in [1.82, 2.24) is 4.57 Å². The molecule has 2 aromatic rings. The van der Waals surface area contributed by atoms with Gasteiger partial charge in [-0.25, -0.2) is 4.79 Å². The van der Waals surface area contributed by atoms with Crippen LogP contribution in [0.25, 0.3) is 5.69 Å². The van der Waals surface area contributed by atoms with E-state index >= 15 is 0 Å². The van der Waals surface area contributed by atoms with Crippen molar-refractivity contribution in [2.45, 2.75) is 18.9 Å².